The zero-order valence-electron chi connectivity index (χ0n) is 11.3. The summed E-state index contributed by atoms with van der Waals surface area (Å²) >= 11 is 11.1. The zero-order chi connectivity index (χ0) is 15.1. The molecule has 5 heteroatoms. The lowest BCUT2D eigenvalue weighted by atomic mass is 10.2. The second-order valence-electron chi connectivity index (χ2n) is 4.47. The van der Waals surface area contributed by atoms with Crippen LogP contribution in [-0.2, 0) is 10.5 Å². The van der Waals surface area contributed by atoms with Crippen molar-refractivity contribution in [3.8, 4) is 0 Å². The maximum Gasteiger partial charge on any atom is 0.225 e. The lowest BCUT2D eigenvalue weighted by molar-refractivity contribution is -0.115. The van der Waals surface area contributed by atoms with Gasteiger partial charge in [0.05, 0.1) is 5.02 Å². The van der Waals surface area contributed by atoms with E-state index in [0.717, 1.165) is 21.7 Å². The fourth-order valence-corrected chi connectivity index (χ4v) is 3.06. The van der Waals surface area contributed by atoms with Crippen LogP contribution >= 0.6 is 39.3 Å². The van der Waals surface area contributed by atoms with Gasteiger partial charge in [0, 0.05) is 28.1 Å². The smallest absolute Gasteiger partial charge is 0.225 e. The molecule has 2 aromatic carbocycles. The number of halogens is 2. The van der Waals surface area contributed by atoms with Crippen LogP contribution in [0.5, 0.6) is 0 Å². The van der Waals surface area contributed by atoms with Gasteiger partial charge in [-0.05, 0) is 39.7 Å². The van der Waals surface area contributed by atoms with E-state index in [1.54, 1.807) is 17.8 Å². The van der Waals surface area contributed by atoms with E-state index in [1.165, 1.54) is 5.56 Å². The average Bonchev–Trinajstić information content (AvgIpc) is 2.49. The van der Waals surface area contributed by atoms with Gasteiger partial charge in [0.25, 0.3) is 0 Å². The third kappa shape index (κ3) is 5.73. The van der Waals surface area contributed by atoms with E-state index in [0.29, 0.717) is 11.4 Å². The van der Waals surface area contributed by atoms with Gasteiger partial charge in [-0.1, -0.05) is 41.9 Å². The summed E-state index contributed by atoms with van der Waals surface area (Å²) in [6.07, 6.45) is 0.491. The molecule has 0 atom stereocenters. The molecular weight excluding hydrogens is 370 g/mol. The highest BCUT2D eigenvalue weighted by atomic mass is 79.9. The largest absolute Gasteiger partial charge is 0.326 e. The number of nitrogens with one attached hydrogen (secondary N) is 1. The van der Waals surface area contributed by atoms with Crippen LogP contribution in [0.3, 0.4) is 0 Å². The van der Waals surface area contributed by atoms with Crippen molar-refractivity contribution < 1.29 is 4.79 Å². The predicted molar refractivity (Wildman–Crippen MR) is 95.0 cm³/mol. The minimum Gasteiger partial charge on any atom is -0.326 e. The Morgan fingerprint density at radius 3 is 2.67 bits per heavy atom. The molecule has 0 bridgehead atoms. The first-order valence-electron chi connectivity index (χ1n) is 6.52. The van der Waals surface area contributed by atoms with Crippen LogP contribution in [0.15, 0.2) is 53.0 Å². The Hall–Kier alpha value is -0.970. The molecule has 0 saturated carbocycles. The average molecular weight is 385 g/mol. The van der Waals surface area contributed by atoms with Crippen molar-refractivity contribution in [3.63, 3.8) is 0 Å². The maximum absolute atomic E-state index is 11.8. The molecule has 1 amide bonds. The Labute approximate surface area is 142 Å². The highest BCUT2D eigenvalue weighted by molar-refractivity contribution is 9.10. The van der Waals surface area contributed by atoms with Gasteiger partial charge >= 0.3 is 0 Å². The van der Waals surface area contributed by atoms with Crippen LogP contribution in [-0.4, -0.2) is 11.7 Å². The number of anilines is 1. The molecule has 0 aliphatic heterocycles. The molecule has 2 aromatic rings. The van der Waals surface area contributed by atoms with Crippen LogP contribution in [0.2, 0.25) is 5.02 Å². The summed E-state index contributed by atoms with van der Waals surface area (Å²) in [4.78, 5) is 11.8. The molecule has 0 aromatic heterocycles. The highest BCUT2D eigenvalue weighted by Crippen LogP contribution is 2.25. The minimum absolute atomic E-state index is 0.00829. The van der Waals surface area contributed by atoms with E-state index < -0.39 is 0 Å². The summed E-state index contributed by atoms with van der Waals surface area (Å²) < 4.78 is 0.820. The SMILES string of the molecule is O=C(CCSCc1ccccc1)Nc1ccc(Br)c(Cl)c1. The van der Waals surface area contributed by atoms with E-state index in [9.17, 15) is 4.79 Å². The summed E-state index contributed by atoms with van der Waals surface area (Å²) in [6.45, 7) is 0. The Kier molecular flexibility index (Phi) is 6.61. The molecule has 0 aliphatic carbocycles. The Morgan fingerprint density at radius 2 is 1.95 bits per heavy atom. The quantitative estimate of drug-likeness (QED) is 0.679. The normalized spacial score (nSPS) is 10.4. The van der Waals surface area contributed by atoms with E-state index >= 15 is 0 Å². The fourth-order valence-electron chi connectivity index (χ4n) is 1.73. The van der Waals surface area contributed by atoms with E-state index in [2.05, 4.69) is 33.4 Å². The van der Waals surface area contributed by atoms with Gasteiger partial charge in [0.15, 0.2) is 0 Å². The number of carbonyl (C=O) groups excluding carboxylic acids is 1. The number of amides is 1. The van der Waals surface area contributed by atoms with Gasteiger partial charge in [-0.2, -0.15) is 11.8 Å². The number of rotatable bonds is 6. The highest BCUT2D eigenvalue weighted by Gasteiger charge is 2.04. The molecule has 0 saturated heterocycles. The van der Waals surface area contributed by atoms with Crippen molar-refractivity contribution in [3.05, 3.63) is 63.6 Å². The minimum atomic E-state index is 0.00829. The monoisotopic (exact) mass is 383 g/mol. The lowest BCUT2D eigenvalue weighted by Crippen LogP contribution is -2.12. The summed E-state index contributed by atoms with van der Waals surface area (Å²) in [5.41, 5.74) is 2.00. The molecular formula is C16H15BrClNOS. The van der Waals surface area contributed by atoms with Crippen LogP contribution < -0.4 is 5.32 Å². The van der Waals surface area contributed by atoms with E-state index in [-0.39, 0.29) is 5.91 Å². The second kappa shape index (κ2) is 8.47. The summed E-state index contributed by atoms with van der Waals surface area (Å²) in [7, 11) is 0. The molecule has 2 nitrogen and oxygen atoms in total. The number of hydrogen-bond donors (Lipinski definition) is 1. The van der Waals surface area contributed by atoms with Gasteiger partial charge in [0.2, 0.25) is 5.91 Å². The molecule has 110 valence electrons. The van der Waals surface area contributed by atoms with Gasteiger partial charge in [-0.25, -0.2) is 0 Å². The van der Waals surface area contributed by atoms with Crippen LogP contribution in [0.1, 0.15) is 12.0 Å². The van der Waals surface area contributed by atoms with Gasteiger partial charge in [-0.15, -0.1) is 0 Å². The van der Waals surface area contributed by atoms with E-state index in [4.69, 9.17) is 11.6 Å². The third-order valence-electron chi connectivity index (χ3n) is 2.79. The molecule has 0 fully saturated rings. The van der Waals surface area contributed by atoms with Gasteiger partial charge < -0.3 is 5.32 Å². The van der Waals surface area contributed by atoms with Crippen molar-refractivity contribution in [2.75, 3.05) is 11.1 Å². The first-order chi connectivity index (χ1) is 10.1. The fraction of sp³-hybridized carbons (Fsp3) is 0.188. The second-order valence-corrected chi connectivity index (χ2v) is 6.83. The number of carbonyl (C=O) groups is 1. The zero-order valence-corrected chi connectivity index (χ0v) is 14.5. The van der Waals surface area contributed by atoms with Crippen molar-refractivity contribution >= 4 is 50.9 Å². The molecule has 0 heterocycles. The standard InChI is InChI=1S/C16H15BrClNOS/c17-14-7-6-13(10-15(14)18)19-16(20)8-9-21-11-12-4-2-1-3-5-12/h1-7,10H,8-9,11H2,(H,19,20). The van der Waals surface area contributed by atoms with Crippen LogP contribution in [0.4, 0.5) is 5.69 Å². The number of benzene rings is 2. The number of hydrogen-bond acceptors (Lipinski definition) is 2. The Balaban J connectivity index is 1.71. The summed E-state index contributed by atoms with van der Waals surface area (Å²) in [6, 6.07) is 15.6. The van der Waals surface area contributed by atoms with Crippen LogP contribution in [0, 0.1) is 0 Å². The van der Waals surface area contributed by atoms with Crippen molar-refractivity contribution in [1.82, 2.24) is 0 Å². The topological polar surface area (TPSA) is 29.1 Å². The van der Waals surface area contributed by atoms with E-state index in [1.807, 2.05) is 30.3 Å². The molecule has 0 spiro atoms. The molecule has 0 aliphatic rings. The molecule has 1 N–H and O–H groups in total. The van der Waals surface area contributed by atoms with Crippen molar-refractivity contribution in [2.24, 2.45) is 0 Å². The predicted octanol–water partition coefficient (Wildman–Crippen LogP) is 5.36. The van der Waals surface area contributed by atoms with Gasteiger partial charge in [-0.3, -0.25) is 4.79 Å². The third-order valence-corrected chi connectivity index (χ3v) is 5.05. The first kappa shape index (κ1) is 16.4. The Morgan fingerprint density at radius 1 is 1.19 bits per heavy atom. The van der Waals surface area contributed by atoms with Crippen molar-refractivity contribution in [1.29, 1.82) is 0 Å². The molecule has 0 unspecified atom stereocenters. The summed E-state index contributed by atoms with van der Waals surface area (Å²) in [5, 5.41) is 3.44. The molecule has 0 radical (unpaired) electrons. The first-order valence-corrected chi connectivity index (χ1v) is 8.84. The van der Waals surface area contributed by atoms with Crippen molar-refractivity contribution in [2.45, 2.75) is 12.2 Å². The Bertz CT molecular complexity index is 606. The molecule has 2 rings (SSSR count). The lowest BCUT2D eigenvalue weighted by Gasteiger charge is -2.06. The van der Waals surface area contributed by atoms with Gasteiger partial charge in [0.1, 0.15) is 0 Å². The van der Waals surface area contributed by atoms with Crippen LogP contribution in [0.25, 0.3) is 0 Å². The summed E-state index contributed by atoms with van der Waals surface area (Å²) in [5.74, 6) is 1.73. The number of thioether (sulfide) groups is 1. The maximum atomic E-state index is 11.8. The molecule has 21 heavy (non-hydrogen) atoms.